The summed E-state index contributed by atoms with van der Waals surface area (Å²) in [5, 5.41) is 0. The molecule has 2 nitrogen and oxygen atoms in total. The third-order valence-electron chi connectivity index (χ3n) is 1.58. The lowest BCUT2D eigenvalue weighted by molar-refractivity contribution is -0.112. The number of halogens is 1. The van der Waals surface area contributed by atoms with E-state index in [-0.39, 0.29) is 11.6 Å². The van der Waals surface area contributed by atoms with E-state index in [1.807, 2.05) is 28.7 Å². The van der Waals surface area contributed by atoms with Crippen molar-refractivity contribution in [2.45, 2.75) is 6.92 Å². The predicted molar refractivity (Wildman–Crippen MR) is 63.6 cm³/mol. The van der Waals surface area contributed by atoms with Crippen molar-refractivity contribution in [1.82, 2.24) is 0 Å². The highest BCUT2D eigenvalue weighted by Gasteiger charge is 2.08. The lowest BCUT2D eigenvalue weighted by Gasteiger charge is -1.97. The average Bonchev–Trinajstić information content (AvgIpc) is 2.17. The second-order valence-corrected chi connectivity index (χ2v) is 3.96. The number of carbonyl (C=O) groups is 2. The molecule has 1 rings (SSSR count). The molecule has 0 aromatic heterocycles. The van der Waals surface area contributed by atoms with Gasteiger partial charge in [0.1, 0.15) is 0 Å². The normalized spacial score (nSPS) is 11.1. The highest BCUT2D eigenvalue weighted by molar-refractivity contribution is 14.1. The summed E-state index contributed by atoms with van der Waals surface area (Å²) in [6, 6.07) is 8.90. The van der Waals surface area contributed by atoms with Gasteiger partial charge in [-0.2, -0.15) is 0 Å². The van der Waals surface area contributed by atoms with E-state index in [1.54, 1.807) is 24.3 Å². The number of rotatable bonds is 3. The summed E-state index contributed by atoms with van der Waals surface area (Å²) in [7, 11) is 0. The van der Waals surface area contributed by atoms with Crippen molar-refractivity contribution in [3.8, 4) is 0 Å². The summed E-state index contributed by atoms with van der Waals surface area (Å²) in [4.78, 5) is 22.4. The van der Waals surface area contributed by atoms with Crippen molar-refractivity contribution in [3.05, 3.63) is 45.6 Å². The molecule has 0 aliphatic heterocycles. The maximum Gasteiger partial charge on any atom is 0.199 e. The number of carbonyl (C=O) groups excluding carboxylic acids is 2. The van der Waals surface area contributed by atoms with Gasteiger partial charge in [-0.1, -0.05) is 30.3 Å². The van der Waals surface area contributed by atoms with Gasteiger partial charge in [-0.05, 0) is 35.6 Å². The molecule has 0 fully saturated rings. The Kier molecular flexibility index (Phi) is 4.00. The van der Waals surface area contributed by atoms with E-state index in [0.717, 1.165) is 0 Å². The molecule has 0 radical (unpaired) electrons. The lowest BCUT2D eigenvalue weighted by Crippen LogP contribution is -1.99. The number of allylic oxidation sites excluding steroid dienone is 2. The molecule has 1 aromatic carbocycles. The SMILES string of the molecule is CC(=O)C=C(I)C(=O)c1ccccc1. The Morgan fingerprint density at radius 1 is 1.21 bits per heavy atom. The molecular weight excluding hydrogens is 291 g/mol. The summed E-state index contributed by atoms with van der Waals surface area (Å²) in [6.07, 6.45) is 1.34. The van der Waals surface area contributed by atoms with Gasteiger partial charge >= 0.3 is 0 Å². The maximum absolute atomic E-state index is 11.7. The first kappa shape index (κ1) is 11.1. The Bertz CT molecular complexity index is 380. The molecule has 0 heterocycles. The van der Waals surface area contributed by atoms with Gasteiger partial charge < -0.3 is 0 Å². The van der Waals surface area contributed by atoms with E-state index in [9.17, 15) is 9.59 Å². The minimum atomic E-state index is -0.112. The Morgan fingerprint density at radius 2 is 1.79 bits per heavy atom. The van der Waals surface area contributed by atoms with E-state index in [0.29, 0.717) is 9.14 Å². The minimum Gasteiger partial charge on any atom is -0.295 e. The molecule has 3 heteroatoms. The molecule has 0 bridgehead atoms. The average molecular weight is 300 g/mol. The van der Waals surface area contributed by atoms with Gasteiger partial charge in [0.2, 0.25) is 0 Å². The van der Waals surface area contributed by atoms with Crippen LogP contribution >= 0.6 is 22.6 Å². The van der Waals surface area contributed by atoms with Gasteiger partial charge in [0.25, 0.3) is 0 Å². The molecule has 0 saturated heterocycles. The molecule has 1 aromatic rings. The van der Waals surface area contributed by atoms with Gasteiger partial charge in [0.15, 0.2) is 11.6 Å². The second-order valence-electron chi connectivity index (χ2n) is 2.80. The number of hydrogen-bond donors (Lipinski definition) is 0. The Balaban J connectivity index is 2.92. The fraction of sp³-hybridized carbons (Fsp3) is 0.0909. The van der Waals surface area contributed by atoms with Crippen molar-refractivity contribution in [2.24, 2.45) is 0 Å². The summed E-state index contributed by atoms with van der Waals surface area (Å²) < 4.78 is 0.446. The molecule has 0 unspecified atom stereocenters. The lowest BCUT2D eigenvalue weighted by atomic mass is 10.1. The van der Waals surface area contributed by atoms with E-state index in [1.165, 1.54) is 13.0 Å². The number of benzene rings is 1. The fourth-order valence-corrected chi connectivity index (χ4v) is 1.72. The van der Waals surface area contributed by atoms with Crippen LogP contribution in [0.3, 0.4) is 0 Å². The summed E-state index contributed by atoms with van der Waals surface area (Å²) in [5.74, 6) is -0.222. The maximum atomic E-state index is 11.7. The van der Waals surface area contributed by atoms with E-state index in [2.05, 4.69) is 0 Å². The monoisotopic (exact) mass is 300 g/mol. The van der Waals surface area contributed by atoms with Crippen LogP contribution in [0, 0.1) is 0 Å². The van der Waals surface area contributed by atoms with Crippen LogP contribution in [-0.2, 0) is 4.79 Å². The van der Waals surface area contributed by atoms with E-state index < -0.39 is 0 Å². The Hall–Kier alpha value is -0.970. The zero-order valence-corrected chi connectivity index (χ0v) is 9.82. The highest BCUT2D eigenvalue weighted by atomic mass is 127. The predicted octanol–water partition coefficient (Wildman–Crippen LogP) is 2.78. The van der Waals surface area contributed by atoms with Crippen LogP contribution in [0.4, 0.5) is 0 Å². The van der Waals surface area contributed by atoms with Gasteiger partial charge in [-0.15, -0.1) is 0 Å². The van der Waals surface area contributed by atoms with Gasteiger partial charge in [0, 0.05) is 5.56 Å². The van der Waals surface area contributed by atoms with Crippen molar-refractivity contribution < 1.29 is 9.59 Å². The summed E-state index contributed by atoms with van der Waals surface area (Å²) >= 11 is 1.88. The third-order valence-corrected chi connectivity index (χ3v) is 2.38. The molecular formula is C11H9IO2. The minimum absolute atomic E-state index is 0.110. The van der Waals surface area contributed by atoms with Crippen LogP contribution in [0.25, 0.3) is 0 Å². The Morgan fingerprint density at radius 3 is 2.29 bits per heavy atom. The molecule has 0 amide bonds. The van der Waals surface area contributed by atoms with Crippen molar-refractivity contribution in [1.29, 1.82) is 0 Å². The van der Waals surface area contributed by atoms with Gasteiger partial charge in [0.05, 0.1) is 3.58 Å². The first-order valence-electron chi connectivity index (χ1n) is 4.09. The number of Topliss-reactive ketones (excluding diaryl/α,β-unsaturated/α-hetero) is 1. The first-order chi connectivity index (χ1) is 6.61. The topological polar surface area (TPSA) is 34.1 Å². The van der Waals surface area contributed by atoms with Gasteiger partial charge in [-0.25, -0.2) is 0 Å². The fourth-order valence-electron chi connectivity index (χ4n) is 0.971. The summed E-state index contributed by atoms with van der Waals surface area (Å²) in [5.41, 5.74) is 0.606. The second kappa shape index (κ2) is 5.05. The van der Waals surface area contributed by atoms with Crippen LogP contribution < -0.4 is 0 Å². The standard InChI is InChI=1S/C11H9IO2/c1-8(13)7-10(12)11(14)9-5-3-2-4-6-9/h2-7H,1H3. The van der Waals surface area contributed by atoms with E-state index >= 15 is 0 Å². The molecule has 0 saturated carbocycles. The largest absolute Gasteiger partial charge is 0.295 e. The quantitative estimate of drug-likeness (QED) is 0.489. The molecule has 72 valence electrons. The first-order valence-corrected chi connectivity index (χ1v) is 5.16. The third kappa shape index (κ3) is 3.06. The van der Waals surface area contributed by atoms with Crippen LogP contribution in [0.2, 0.25) is 0 Å². The Labute approximate surface area is 96.2 Å². The molecule has 0 spiro atoms. The number of hydrogen-bond acceptors (Lipinski definition) is 2. The molecule has 0 N–H and O–H groups in total. The van der Waals surface area contributed by atoms with Crippen LogP contribution in [0.15, 0.2) is 40.0 Å². The zero-order chi connectivity index (χ0) is 10.6. The summed E-state index contributed by atoms with van der Waals surface area (Å²) in [6.45, 7) is 1.43. The molecule has 0 aliphatic rings. The van der Waals surface area contributed by atoms with Crippen LogP contribution in [-0.4, -0.2) is 11.6 Å². The smallest absolute Gasteiger partial charge is 0.199 e. The van der Waals surface area contributed by atoms with E-state index in [4.69, 9.17) is 0 Å². The molecule has 0 atom stereocenters. The number of ketones is 2. The highest BCUT2D eigenvalue weighted by Crippen LogP contribution is 2.14. The van der Waals surface area contributed by atoms with Crippen molar-refractivity contribution in [2.75, 3.05) is 0 Å². The zero-order valence-electron chi connectivity index (χ0n) is 7.66. The molecule has 0 aliphatic carbocycles. The molecule has 14 heavy (non-hydrogen) atoms. The van der Waals surface area contributed by atoms with Crippen molar-refractivity contribution >= 4 is 34.2 Å². The van der Waals surface area contributed by atoms with Crippen molar-refractivity contribution in [3.63, 3.8) is 0 Å². The van der Waals surface area contributed by atoms with Crippen LogP contribution in [0.5, 0.6) is 0 Å². The van der Waals surface area contributed by atoms with Gasteiger partial charge in [-0.3, -0.25) is 9.59 Å². The van der Waals surface area contributed by atoms with Crippen LogP contribution in [0.1, 0.15) is 17.3 Å².